The molecule has 0 aliphatic heterocycles. The van der Waals surface area contributed by atoms with Gasteiger partial charge >= 0.3 is 5.97 Å². The lowest BCUT2D eigenvalue weighted by molar-refractivity contribution is -0.219. The first-order valence-electron chi connectivity index (χ1n) is 14.8. The number of hydrogen-bond acceptors (Lipinski definition) is 3. The lowest BCUT2D eigenvalue weighted by atomic mass is 9.33. The highest BCUT2D eigenvalue weighted by Crippen LogP contribution is 2.75. The van der Waals surface area contributed by atoms with E-state index in [4.69, 9.17) is 11.2 Å². The number of carboxylic acids is 1. The number of aliphatic hydroxyl groups excluding tert-OH is 1. The van der Waals surface area contributed by atoms with Gasteiger partial charge in [0.05, 0.1) is 17.6 Å². The maximum atomic E-state index is 12.6. The molecule has 0 aromatic carbocycles. The second-order valence-electron chi connectivity index (χ2n) is 15.6. The number of aliphatic hydroxyl groups is 1. The summed E-state index contributed by atoms with van der Waals surface area (Å²) < 4.78 is 6.38. The predicted octanol–water partition coefficient (Wildman–Crippen LogP) is 6.86. The molecule has 0 spiro atoms. The van der Waals surface area contributed by atoms with Gasteiger partial charge in [-0.2, -0.15) is 0 Å². The largest absolute Gasteiger partial charge is 0.481 e. The van der Waals surface area contributed by atoms with E-state index in [-0.39, 0.29) is 39.1 Å². The summed E-state index contributed by atoms with van der Waals surface area (Å²) in [5.74, 6) is 2.80. The van der Waals surface area contributed by atoms with E-state index < -0.39 is 17.5 Å². The van der Waals surface area contributed by atoms with Gasteiger partial charge in [-0.1, -0.05) is 59.1 Å². The van der Waals surface area contributed by atoms with Crippen LogP contribution in [0.1, 0.15) is 106 Å². The Balaban J connectivity index is 1.57. The Labute approximate surface area is 225 Å². The van der Waals surface area contributed by atoms with Crippen LogP contribution in [0.2, 0.25) is 0 Å². The van der Waals surface area contributed by atoms with E-state index in [0.29, 0.717) is 24.9 Å². The third-order valence-electron chi connectivity index (χ3n) is 13.6. The van der Waals surface area contributed by atoms with Crippen LogP contribution < -0.4 is 0 Å². The summed E-state index contributed by atoms with van der Waals surface area (Å²) in [6.45, 7) is 16.9. The molecule has 4 fully saturated rings. The molecule has 2 unspecified atom stereocenters. The van der Waals surface area contributed by atoms with Crippen LogP contribution in [0.4, 0.5) is 0 Å². The molecule has 4 saturated carbocycles. The quantitative estimate of drug-likeness (QED) is 0.321. The molecule has 37 heavy (non-hydrogen) atoms. The van der Waals surface area contributed by atoms with E-state index in [1.165, 1.54) is 6.42 Å². The summed E-state index contributed by atoms with van der Waals surface area (Å²) in [6.07, 6.45) is 16.6. The molecular formula is C33H50O4. The van der Waals surface area contributed by atoms with Crippen molar-refractivity contribution in [2.75, 3.05) is 6.61 Å². The van der Waals surface area contributed by atoms with Gasteiger partial charge in [0.15, 0.2) is 0 Å². The SMILES string of the molecule is C#CCO[C@@H]1CC(C)(C)C[C@H]2C3=CCC4[C@@]5(C)CC[C@H](O)[C@](C)(C(=O)O)C5CC[C@@]4(C)[C@]3(C)CC[C@@]12C. The van der Waals surface area contributed by atoms with Gasteiger partial charge in [0.25, 0.3) is 0 Å². The molecule has 10 atom stereocenters. The zero-order valence-corrected chi connectivity index (χ0v) is 24.3. The van der Waals surface area contributed by atoms with E-state index in [1.54, 1.807) is 5.57 Å². The summed E-state index contributed by atoms with van der Waals surface area (Å²) in [5, 5.41) is 21.2. The van der Waals surface area contributed by atoms with Crippen LogP contribution in [0.25, 0.3) is 0 Å². The first-order valence-corrected chi connectivity index (χ1v) is 14.8. The maximum absolute atomic E-state index is 12.6. The second kappa shape index (κ2) is 8.34. The molecular weight excluding hydrogens is 460 g/mol. The van der Waals surface area contributed by atoms with Crippen molar-refractivity contribution in [1.29, 1.82) is 0 Å². The number of carboxylic acid groups (broad SMARTS) is 1. The topological polar surface area (TPSA) is 66.8 Å². The van der Waals surface area contributed by atoms with Crippen molar-refractivity contribution in [1.82, 2.24) is 0 Å². The Morgan fingerprint density at radius 2 is 1.70 bits per heavy atom. The van der Waals surface area contributed by atoms with Gasteiger partial charge in [-0.05, 0) is 104 Å². The Kier molecular flexibility index (Phi) is 6.15. The molecule has 5 aliphatic carbocycles. The fourth-order valence-electron chi connectivity index (χ4n) is 11.0. The van der Waals surface area contributed by atoms with Gasteiger partial charge in [0, 0.05) is 5.41 Å². The highest BCUT2D eigenvalue weighted by atomic mass is 16.5. The Hall–Kier alpha value is -1.31. The van der Waals surface area contributed by atoms with Gasteiger partial charge < -0.3 is 14.9 Å². The summed E-state index contributed by atoms with van der Waals surface area (Å²) in [4.78, 5) is 12.6. The summed E-state index contributed by atoms with van der Waals surface area (Å²) >= 11 is 0. The molecule has 2 N–H and O–H groups in total. The van der Waals surface area contributed by atoms with Gasteiger partial charge in [-0.25, -0.2) is 0 Å². The van der Waals surface area contributed by atoms with Gasteiger partial charge in [-0.15, -0.1) is 6.42 Å². The van der Waals surface area contributed by atoms with Crippen molar-refractivity contribution in [2.24, 2.45) is 50.2 Å². The lowest BCUT2D eigenvalue weighted by Crippen LogP contribution is -2.66. The maximum Gasteiger partial charge on any atom is 0.312 e. The average molecular weight is 511 g/mol. The molecule has 0 aromatic rings. The Morgan fingerprint density at radius 3 is 2.35 bits per heavy atom. The van der Waals surface area contributed by atoms with Gasteiger partial charge in [-0.3, -0.25) is 4.79 Å². The van der Waals surface area contributed by atoms with Crippen LogP contribution in [0.15, 0.2) is 11.6 Å². The molecule has 0 saturated heterocycles. The average Bonchev–Trinajstić information content (AvgIpc) is 2.81. The number of aliphatic carboxylic acids is 1. The monoisotopic (exact) mass is 510 g/mol. The van der Waals surface area contributed by atoms with Crippen LogP contribution in [0.3, 0.4) is 0 Å². The molecule has 4 heteroatoms. The molecule has 0 radical (unpaired) electrons. The highest BCUT2D eigenvalue weighted by Gasteiger charge is 2.70. The van der Waals surface area contributed by atoms with E-state index in [9.17, 15) is 15.0 Å². The third kappa shape index (κ3) is 3.45. The van der Waals surface area contributed by atoms with Crippen molar-refractivity contribution in [3.63, 3.8) is 0 Å². The minimum absolute atomic E-state index is 0.00175. The first kappa shape index (κ1) is 27.3. The number of rotatable bonds is 3. The van der Waals surface area contributed by atoms with Crippen molar-refractivity contribution < 1.29 is 19.7 Å². The lowest BCUT2D eigenvalue weighted by Gasteiger charge is -2.71. The number of allylic oxidation sites excluding steroid dienone is 2. The molecule has 0 heterocycles. The van der Waals surface area contributed by atoms with Gasteiger partial charge in [0.2, 0.25) is 0 Å². The molecule has 0 amide bonds. The molecule has 206 valence electrons. The molecule has 0 bridgehead atoms. The van der Waals surface area contributed by atoms with E-state index in [0.717, 1.165) is 44.9 Å². The molecule has 5 aliphatic rings. The third-order valence-corrected chi connectivity index (χ3v) is 13.6. The van der Waals surface area contributed by atoms with Crippen LogP contribution in [0.5, 0.6) is 0 Å². The number of fused-ring (bicyclic) bond motifs is 7. The zero-order chi connectivity index (χ0) is 27.2. The molecule has 0 aromatic heterocycles. The zero-order valence-electron chi connectivity index (χ0n) is 24.3. The molecule has 5 rings (SSSR count). The van der Waals surface area contributed by atoms with Gasteiger partial charge in [0.1, 0.15) is 6.61 Å². The van der Waals surface area contributed by atoms with E-state index >= 15 is 0 Å². The van der Waals surface area contributed by atoms with Crippen LogP contribution in [0, 0.1) is 62.6 Å². The standard InChI is InChI=1S/C33H50O4/c1-9-18-37-26-20-28(2,3)19-22-21-10-11-23-30(5)14-13-25(34)33(8,27(35)36)24(30)12-15-32(23,7)31(21,6)17-16-29(22,26)4/h1,10,22-26,34H,11-20H2,2-8H3,(H,35,36)/t22-,23?,24?,25-,26+,29+,30+,31+,32+,33+/m0/s1. The minimum atomic E-state index is -1.07. The Bertz CT molecular complexity index is 1040. The summed E-state index contributed by atoms with van der Waals surface area (Å²) in [5.41, 5.74) is 0.997. The summed E-state index contributed by atoms with van der Waals surface area (Å²) in [7, 11) is 0. The number of ether oxygens (including phenoxy) is 1. The molecule has 4 nitrogen and oxygen atoms in total. The minimum Gasteiger partial charge on any atom is -0.481 e. The van der Waals surface area contributed by atoms with Crippen LogP contribution in [-0.4, -0.2) is 35.0 Å². The fraction of sp³-hybridized carbons (Fsp3) is 0.848. The number of terminal acetylenes is 1. The van der Waals surface area contributed by atoms with Crippen LogP contribution >= 0.6 is 0 Å². The number of hydrogen-bond donors (Lipinski definition) is 2. The van der Waals surface area contributed by atoms with Crippen molar-refractivity contribution in [2.45, 2.75) is 118 Å². The first-order chi connectivity index (χ1) is 17.1. The van der Waals surface area contributed by atoms with E-state index in [2.05, 4.69) is 53.5 Å². The number of carbonyl (C=O) groups is 1. The summed E-state index contributed by atoms with van der Waals surface area (Å²) in [6, 6.07) is 0. The predicted molar refractivity (Wildman–Crippen MR) is 147 cm³/mol. The highest BCUT2D eigenvalue weighted by molar-refractivity contribution is 5.76. The van der Waals surface area contributed by atoms with Crippen molar-refractivity contribution in [3.8, 4) is 12.3 Å². The smallest absolute Gasteiger partial charge is 0.312 e. The normalized spacial score (nSPS) is 52.4. The second-order valence-corrected chi connectivity index (χ2v) is 15.6. The fourth-order valence-corrected chi connectivity index (χ4v) is 11.0. The van der Waals surface area contributed by atoms with Crippen molar-refractivity contribution >= 4 is 5.97 Å². The Morgan fingerprint density at radius 1 is 1.00 bits per heavy atom. The van der Waals surface area contributed by atoms with E-state index in [1.807, 2.05) is 6.92 Å². The van der Waals surface area contributed by atoms with Crippen molar-refractivity contribution in [3.05, 3.63) is 11.6 Å². The van der Waals surface area contributed by atoms with Crippen LogP contribution in [-0.2, 0) is 9.53 Å².